The van der Waals surface area contributed by atoms with Gasteiger partial charge in [-0.1, -0.05) is 0 Å². The molecular formula is C15H14N4O. The molecule has 0 fully saturated rings. The molecule has 1 aromatic carbocycles. The monoisotopic (exact) mass is 266 g/mol. The third kappa shape index (κ3) is 1.56. The van der Waals surface area contributed by atoms with E-state index in [2.05, 4.69) is 15.3 Å². The summed E-state index contributed by atoms with van der Waals surface area (Å²) in [7, 11) is 1.67. The highest BCUT2D eigenvalue weighted by Crippen LogP contribution is 2.33. The average molecular weight is 266 g/mol. The van der Waals surface area contributed by atoms with Crippen molar-refractivity contribution in [2.75, 3.05) is 7.11 Å². The Kier molecular flexibility index (Phi) is 2.39. The molecule has 5 nitrogen and oxygen atoms in total. The lowest BCUT2D eigenvalue weighted by atomic mass is 9.96. The fourth-order valence-electron chi connectivity index (χ4n) is 2.74. The number of ether oxygens (including phenoxy) is 1. The van der Waals surface area contributed by atoms with Crippen LogP contribution in [0.3, 0.4) is 0 Å². The lowest BCUT2D eigenvalue weighted by molar-refractivity contribution is 0.414. The van der Waals surface area contributed by atoms with Crippen molar-refractivity contribution in [2.45, 2.75) is 12.8 Å². The summed E-state index contributed by atoms with van der Waals surface area (Å²) in [4.78, 5) is 0. The van der Waals surface area contributed by atoms with E-state index in [9.17, 15) is 0 Å². The maximum atomic E-state index is 5.20. The first-order valence-corrected chi connectivity index (χ1v) is 6.61. The molecule has 0 amide bonds. The highest BCUT2D eigenvalue weighted by molar-refractivity contribution is 5.69. The molecule has 100 valence electrons. The number of hydrogen-bond acceptors (Lipinski definition) is 3. The first kappa shape index (κ1) is 11.3. The number of hydrogen-bond donors (Lipinski definition) is 1. The second-order valence-corrected chi connectivity index (χ2v) is 4.89. The van der Waals surface area contributed by atoms with Crippen molar-refractivity contribution in [3.05, 3.63) is 47.9 Å². The van der Waals surface area contributed by atoms with E-state index in [0.29, 0.717) is 0 Å². The smallest absolute Gasteiger partial charge is 0.119 e. The van der Waals surface area contributed by atoms with E-state index in [1.54, 1.807) is 7.11 Å². The van der Waals surface area contributed by atoms with Gasteiger partial charge in [-0.05, 0) is 42.7 Å². The summed E-state index contributed by atoms with van der Waals surface area (Å²) in [6.45, 7) is 0. The van der Waals surface area contributed by atoms with Gasteiger partial charge in [0.2, 0.25) is 0 Å². The van der Waals surface area contributed by atoms with Crippen molar-refractivity contribution < 1.29 is 4.74 Å². The molecular weight excluding hydrogens is 252 g/mol. The number of aromatic amines is 1. The van der Waals surface area contributed by atoms with Crippen LogP contribution in [0, 0.1) is 0 Å². The third-order valence-corrected chi connectivity index (χ3v) is 3.78. The summed E-state index contributed by atoms with van der Waals surface area (Å²) in [5.74, 6) is 0.846. The van der Waals surface area contributed by atoms with Crippen molar-refractivity contribution in [3.63, 3.8) is 0 Å². The molecule has 20 heavy (non-hydrogen) atoms. The number of aromatic nitrogens is 4. The van der Waals surface area contributed by atoms with Crippen LogP contribution in [0.5, 0.6) is 5.75 Å². The van der Waals surface area contributed by atoms with Crippen LogP contribution in [0.15, 0.2) is 36.7 Å². The van der Waals surface area contributed by atoms with Crippen LogP contribution in [-0.4, -0.2) is 27.1 Å². The number of nitrogens with one attached hydrogen (secondary N) is 1. The highest BCUT2D eigenvalue weighted by Gasteiger charge is 2.23. The van der Waals surface area contributed by atoms with Crippen LogP contribution in [0.1, 0.15) is 11.3 Å². The predicted octanol–water partition coefficient (Wildman–Crippen LogP) is 2.37. The van der Waals surface area contributed by atoms with E-state index in [-0.39, 0.29) is 0 Å². The summed E-state index contributed by atoms with van der Waals surface area (Å²) < 4.78 is 7.17. The van der Waals surface area contributed by atoms with Crippen molar-refractivity contribution in [1.82, 2.24) is 20.0 Å². The number of methoxy groups -OCH3 is 1. The van der Waals surface area contributed by atoms with Gasteiger partial charge < -0.3 is 4.74 Å². The van der Waals surface area contributed by atoms with Crippen LogP contribution < -0.4 is 4.74 Å². The van der Waals surface area contributed by atoms with Gasteiger partial charge in [-0.15, -0.1) is 0 Å². The minimum Gasteiger partial charge on any atom is -0.497 e. The number of H-pyrrole nitrogens is 1. The normalized spacial score (nSPS) is 12.8. The number of nitrogens with zero attached hydrogens (tertiary/aromatic N) is 3. The number of fused-ring (bicyclic) bond motifs is 3. The molecule has 2 aromatic heterocycles. The largest absolute Gasteiger partial charge is 0.497 e. The first-order valence-electron chi connectivity index (χ1n) is 6.61. The number of rotatable bonds is 2. The van der Waals surface area contributed by atoms with Gasteiger partial charge in [-0.2, -0.15) is 10.2 Å². The van der Waals surface area contributed by atoms with E-state index in [1.807, 2.05) is 41.3 Å². The number of benzene rings is 1. The zero-order chi connectivity index (χ0) is 13.5. The Bertz CT molecular complexity index is 755. The van der Waals surface area contributed by atoms with Crippen molar-refractivity contribution in [1.29, 1.82) is 0 Å². The van der Waals surface area contributed by atoms with Gasteiger partial charge in [0.15, 0.2) is 0 Å². The molecule has 1 N–H and O–H groups in total. The fourth-order valence-corrected chi connectivity index (χ4v) is 2.74. The fraction of sp³-hybridized carbons (Fsp3) is 0.200. The van der Waals surface area contributed by atoms with Gasteiger partial charge in [0.1, 0.15) is 5.75 Å². The Balaban J connectivity index is 1.87. The maximum Gasteiger partial charge on any atom is 0.119 e. The molecule has 1 aliphatic carbocycles. The topological polar surface area (TPSA) is 55.7 Å². The van der Waals surface area contributed by atoms with Crippen LogP contribution in [0.4, 0.5) is 0 Å². The lowest BCUT2D eigenvalue weighted by Crippen LogP contribution is -2.06. The van der Waals surface area contributed by atoms with Gasteiger partial charge in [0, 0.05) is 11.3 Å². The Labute approximate surface area is 116 Å². The molecule has 0 atom stereocenters. The lowest BCUT2D eigenvalue weighted by Gasteiger charge is -2.14. The summed E-state index contributed by atoms with van der Waals surface area (Å²) >= 11 is 0. The molecule has 0 aliphatic heterocycles. The molecule has 0 radical (unpaired) electrons. The molecule has 0 spiro atoms. The van der Waals surface area contributed by atoms with E-state index < -0.39 is 0 Å². The molecule has 5 heteroatoms. The quantitative estimate of drug-likeness (QED) is 0.774. The van der Waals surface area contributed by atoms with Gasteiger partial charge >= 0.3 is 0 Å². The Morgan fingerprint density at radius 2 is 2.00 bits per heavy atom. The number of aryl methyl sites for hydroxylation is 2. The maximum absolute atomic E-state index is 5.20. The van der Waals surface area contributed by atoms with Gasteiger partial charge in [0.25, 0.3) is 0 Å². The zero-order valence-electron chi connectivity index (χ0n) is 11.1. The molecule has 0 unspecified atom stereocenters. The SMILES string of the molecule is COc1ccc(-n2ncc3c2-c2cn[nH]c2CC3)cc1. The standard InChI is InChI=1S/C15H14N4O/c1-20-12-5-3-11(4-6-12)19-15-10(8-17-19)2-7-14-13(15)9-16-18-14/h3-6,8-9H,2,7H2,1H3,(H,16,18). The molecule has 2 heterocycles. The van der Waals surface area contributed by atoms with Crippen LogP contribution in [-0.2, 0) is 12.8 Å². The van der Waals surface area contributed by atoms with Crippen molar-refractivity contribution in [3.8, 4) is 22.7 Å². The first-order chi connectivity index (χ1) is 9.86. The molecule has 3 aromatic rings. The summed E-state index contributed by atoms with van der Waals surface area (Å²) in [5, 5.41) is 11.8. The van der Waals surface area contributed by atoms with Gasteiger partial charge in [-0.25, -0.2) is 4.68 Å². The zero-order valence-corrected chi connectivity index (χ0v) is 11.1. The Morgan fingerprint density at radius 3 is 2.80 bits per heavy atom. The van der Waals surface area contributed by atoms with Crippen molar-refractivity contribution in [2.24, 2.45) is 0 Å². The predicted molar refractivity (Wildman–Crippen MR) is 75.1 cm³/mol. The molecule has 0 saturated heterocycles. The minimum absolute atomic E-state index is 0.846. The molecule has 0 bridgehead atoms. The second-order valence-electron chi connectivity index (χ2n) is 4.89. The minimum atomic E-state index is 0.846. The third-order valence-electron chi connectivity index (χ3n) is 3.78. The molecule has 0 saturated carbocycles. The van der Waals surface area contributed by atoms with Crippen molar-refractivity contribution >= 4 is 0 Å². The molecule has 4 rings (SSSR count). The van der Waals surface area contributed by atoms with E-state index in [1.165, 1.54) is 11.3 Å². The van der Waals surface area contributed by atoms with E-state index in [0.717, 1.165) is 35.5 Å². The van der Waals surface area contributed by atoms with Crippen LogP contribution in [0.2, 0.25) is 0 Å². The summed E-state index contributed by atoms with van der Waals surface area (Å²) in [6.07, 6.45) is 5.84. The second kappa shape index (κ2) is 4.23. The Hall–Kier alpha value is -2.56. The van der Waals surface area contributed by atoms with Gasteiger partial charge in [0.05, 0.1) is 30.9 Å². The summed E-state index contributed by atoms with van der Waals surface area (Å²) in [6, 6.07) is 7.92. The van der Waals surface area contributed by atoms with Crippen LogP contribution >= 0.6 is 0 Å². The van der Waals surface area contributed by atoms with Crippen LogP contribution in [0.25, 0.3) is 16.9 Å². The highest BCUT2D eigenvalue weighted by atomic mass is 16.5. The van der Waals surface area contributed by atoms with Gasteiger partial charge in [-0.3, -0.25) is 5.10 Å². The average Bonchev–Trinajstić information content (AvgIpc) is 3.13. The Morgan fingerprint density at radius 1 is 1.15 bits per heavy atom. The van der Waals surface area contributed by atoms with E-state index in [4.69, 9.17) is 4.74 Å². The summed E-state index contributed by atoms with van der Waals surface area (Å²) in [5.41, 5.74) is 5.79. The van der Waals surface area contributed by atoms with E-state index >= 15 is 0 Å². The molecule has 1 aliphatic rings.